The SMILES string of the molecule is CCC(=C(F)C(F)(F)C(F)(F)F)C(F)(F)C(F)(F)C(F)(F)F. The fourth-order valence-electron chi connectivity index (χ4n) is 1.20. The lowest BCUT2D eigenvalue weighted by atomic mass is 9.96. The highest BCUT2D eigenvalue weighted by Crippen LogP contribution is 2.53. The Morgan fingerprint density at radius 1 is 0.636 bits per heavy atom. The highest BCUT2D eigenvalue weighted by Gasteiger charge is 2.75. The molecule has 0 aliphatic rings. The van der Waals surface area contributed by atoms with E-state index in [0.29, 0.717) is 0 Å². The molecule has 0 aromatic heterocycles. The summed E-state index contributed by atoms with van der Waals surface area (Å²) < 4.78 is 160. The first-order valence-electron chi connectivity index (χ1n) is 5.02. The molecule has 0 nitrogen and oxygen atoms in total. The normalized spacial score (nSPS) is 16.6. The molecule has 22 heavy (non-hydrogen) atoms. The van der Waals surface area contributed by atoms with E-state index in [9.17, 15) is 57.1 Å². The number of rotatable bonds is 4. The van der Waals surface area contributed by atoms with Crippen molar-refractivity contribution in [1.82, 2.24) is 0 Å². The lowest BCUT2D eigenvalue weighted by Gasteiger charge is -2.31. The number of allylic oxidation sites excluding steroid dienone is 2. The smallest absolute Gasteiger partial charge is 0.205 e. The van der Waals surface area contributed by atoms with E-state index in [-0.39, 0.29) is 6.92 Å². The minimum Gasteiger partial charge on any atom is -0.205 e. The van der Waals surface area contributed by atoms with E-state index in [2.05, 4.69) is 0 Å². The molecule has 0 atom stereocenters. The molecule has 0 amide bonds. The number of alkyl halides is 12. The summed E-state index contributed by atoms with van der Waals surface area (Å²) in [6.07, 6.45) is -15.8. The Morgan fingerprint density at radius 2 is 1.00 bits per heavy atom. The Bertz CT molecular complexity index is 435. The predicted octanol–water partition coefficient (Wildman–Crippen LogP) is 5.65. The molecule has 0 aromatic rings. The van der Waals surface area contributed by atoms with Crippen LogP contribution in [-0.4, -0.2) is 30.1 Å². The zero-order valence-electron chi connectivity index (χ0n) is 10.1. The molecule has 0 saturated heterocycles. The maximum absolute atomic E-state index is 13.1. The Balaban J connectivity index is 6.35. The molecule has 0 N–H and O–H groups in total. The molecular weight excluding hydrogens is 355 g/mol. The van der Waals surface area contributed by atoms with Gasteiger partial charge in [-0.15, -0.1) is 0 Å². The van der Waals surface area contributed by atoms with Gasteiger partial charge in [-0.1, -0.05) is 6.92 Å². The molecule has 13 heteroatoms. The van der Waals surface area contributed by atoms with Crippen molar-refractivity contribution >= 4 is 0 Å². The largest absolute Gasteiger partial charge is 0.460 e. The van der Waals surface area contributed by atoms with Crippen molar-refractivity contribution in [1.29, 1.82) is 0 Å². The van der Waals surface area contributed by atoms with Crippen LogP contribution in [0, 0.1) is 0 Å². The molecule has 0 radical (unpaired) electrons. The van der Waals surface area contributed by atoms with E-state index < -0.39 is 47.9 Å². The second-order valence-corrected chi connectivity index (χ2v) is 3.86. The molecule has 0 unspecified atom stereocenters. The summed E-state index contributed by atoms with van der Waals surface area (Å²) in [5.74, 6) is -24.4. The van der Waals surface area contributed by atoms with Crippen molar-refractivity contribution in [2.75, 3.05) is 0 Å². The van der Waals surface area contributed by atoms with Crippen LogP contribution in [0.25, 0.3) is 0 Å². The van der Waals surface area contributed by atoms with Crippen LogP contribution >= 0.6 is 0 Å². The van der Waals surface area contributed by atoms with Crippen molar-refractivity contribution in [2.45, 2.75) is 43.5 Å². The lowest BCUT2D eigenvalue weighted by Crippen LogP contribution is -2.54. The maximum Gasteiger partial charge on any atom is 0.460 e. The van der Waals surface area contributed by atoms with E-state index in [1.807, 2.05) is 0 Å². The zero-order chi connectivity index (χ0) is 18.4. The van der Waals surface area contributed by atoms with Gasteiger partial charge in [0, 0.05) is 5.57 Å². The molecule has 0 bridgehead atoms. The van der Waals surface area contributed by atoms with Crippen LogP contribution in [0.2, 0.25) is 0 Å². The molecule has 0 saturated carbocycles. The average Bonchev–Trinajstić information content (AvgIpc) is 2.25. The van der Waals surface area contributed by atoms with Crippen molar-refractivity contribution in [2.24, 2.45) is 0 Å². The van der Waals surface area contributed by atoms with Crippen molar-refractivity contribution < 1.29 is 57.1 Å². The zero-order valence-corrected chi connectivity index (χ0v) is 10.1. The van der Waals surface area contributed by atoms with Gasteiger partial charge in [0.15, 0.2) is 5.83 Å². The highest BCUT2D eigenvalue weighted by atomic mass is 19.4. The van der Waals surface area contributed by atoms with Gasteiger partial charge >= 0.3 is 30.1 Å². The minimum atomic E-state index is -7.05. The molecule has 0 aliphatic carbocycles. The summed E-state index contributed by atoms with van der Waals surface area (Å²) in [6, 6.07) is 0. The van der Waals surface area contributed by atoms with Crippen LogP contribution in [0.3, 0.4) is 0 Å². The van der Waals surface area contributed by atoms with E-state index >= 15 is 0 Å². The summed E-state index contributed by atoms with van der Waals surface area (Å²) in [7, 11) is 0. The van der Waals surface area contributed by atoms with Crippen molar-refractivity contribution in [3.63, 3.8) is 0 Å². The highest BCUT2D eigenvalue weighted by molar-refractivity contribution is 5.27. The number of halogens is 13. The van der Waals surface area contributed by atoms with E-state index in [4.69, 9.17) is 0 Å². The molecule has 0 aliphatic heterocycles. The quantitative estimate of drug-likeness (QED) is 0.569. The van der Waals surface area contributed by atoms with Gasteiger partial charge in [-0.2, -0.15) is 52.7 Å². The first kappa shape index (κ1) is 20.8. The molecule has 132 valence electrons. The average molecular weight is 360 g/mol. The third-order valence-electron chi connectivity index (χ3n) is 2.38. The first-order valence-corrected chi connectivity index (χ1v) is 5.02. The van der Waals surface area contributed by atoms with E-state index in [0.717, 1.165) is 0 Å². The molecule has 0 spiro atoms. The second-order valence-electron chi connectivity index (χ2n) is 3.86. The molecule has 0 heterocycles. The second kappa shape index (κ2) is 5.48. The van der Waals surface area contributed by atoms with Crippen molar-refractivity contribution in [3.8, 4) is 0 Å². The third kappa shape index (κ3) is 3.12. The van der Waals surface area contributed by atoms with Gasteiger partial charge in [0.1, 0.15) is 0 Å². The summed E-state index contributed by atoms with van der Waals surface area (Å²) in [4.78, 5) is 0. The lowest BCUT2D eigenvalue weighted by molar-refractivity contribution is -0.346. The van der Waals surface area contributed by atoms with Crippen molar-refractivity contribution in [3.05, 3.63) is 11.4 Å². The summed E-state index contributed by atoms with van der Waals surface area (Å²) in [6.45, 7) is 0.210. The Morgan fingerprint density at radius 3 is 1.23 bits per heavy atom. The third-order valence-corrected chi connectivity index (χ3v) is 2.38. The van der Waals surface area contributed by atoms with Gasteiger partial charge in [0.2, 0.25) is 0 Å². The van der Waals surface area contributed by atoms with Gasteiger partial charge in [-0.3, -0.25) is 0 Å². The monoisotopic (exact) mass is 360 g/mol. The number of hydrogen-bond acceptors (Lipinski definition) is 0. The van der Waals surface area contributed by atoms with Gasteiger partial charge in [-0.25, -0.2) is 4.39 Å². The fraction of sp³-hybridized carbons (Fsp3) is 0.778. The topological polar surface area (TPSA) is 0 Å². The Kier molecular flexibility index (Phi) is 5.19. The van der Waals surface area contributed by atoms with Crippen LogP contribution in [0.15, 0.2) is 11.4 Å². The van der Waals surface area contributed by atoms with Gasteiger partial charge in [-0.05, 0) is 6.42 Å². The van der Waals surface area contributed by atoms with Crippen LogP contribution in [0.4, 0.5) is 57.1 Å². The minimum absolute atomic E-state index is 0.210. The fourth-order valence-corrected chi connectivity index (χ4v) is 1.20. The van der Waals surface area contributed by atoms with Crippen LogP contribution < -0.4 is 0 Å². The Hall–Kier alpha value is -1.17. The van der Waals surface area contributed by atoms with Crippen LogP contribution in [-0.2, 0) is 0 Å². The van der Waals surface area contributed by atoms with Gasteiger partial charge in [0.25, 0.3) is 0 Å². The van der Waals surface area contributed by atoms with Gasteiger partial charge in [0.05, 0.1) is 0 Å². The van der Waals surface area contributed by atoms with E-state index in [1.54, 1.807) is 0 Å². The summed E-state index contributed by atoms with van der Waals surface area (Å²) in [5, 5.41) is 0. The molecule has 0 fully saturated rings. The van der Waals surface area contributed by atoms with Gasteiger partial charge < -0.3 is 0 Å². The molecule has 0 aromatic carbocycles. The summed E-state index contributed by atoms with van der Waals surface area (Å²) >= 11 is 0. The Labute approximate surface area is 113 Å². The maximum atomic E-state index is 13.1. The standard InChI is InChI=1S/C9H5F13/c1-2-3(4(10)6(13,14)8(17,18)19)5(11,12)7(15,16)9(20,21)22/h2H2,1H3. The van der Waals surface area contributed by atoms with Crippen LogP contribution in [0.1, 0.15) is 13.3 Å². The summed E-state index contributed by atoms with van der Waals surface area (Å²) in [5.41, 5.74) is -3.29. The van der Waals surface area contributed by atoms with E-state index in [1.165, 1.54) is 0 Å². The molecular formula is C9H5F13. The predicted molar refractivity (Wildman–Crippen MR) is 45.4 cm³/mol. The first-order chi connectivity index (χ1) is 9.35. The number of hydrogen-bond donors (Lipinski definition) is 0. The molecule has 0 rings (SSSR count). The van der Waals surface area contributed by atoms with Crippen LogP contribution in [0.5, 0.6) is 0 Å².